The number of hydrogen-bond acceptors (Lipinski definition) is 4. The van der Waals surface area contributed by atoms with E-state index in [9.17, 15) is 22.8 Å². The zero-order valence-corrected chi connectivity index (χ0v) is 18.9. The molecular weight excluding hydrogens is 461 g/mol. The number of alkyl halides is 4. The lowest BCUT2D eigenvalue weighted by molar-refractivity contribution is -0.342. The summed E-state index contributed by atoms with van der Waals surface area (Å²) < 4.78 is 48.9. The Balaban J connectivity index is 1.81. The summed E-state index contributed by atoms with van der Waals surface area (Å²) in [6, 6.07) is 7.65. The van der Waals surface area contributed by atoms with E-state index in [0.717, 1.165) is 12.8 Å². The topological polar surface area (TPSA) is 67.9 Å². The summed E-state index contributed by atoms with van der Waals surface area (Å²) in [6.07, 6.45) is -0.320. The number of ether oxygens (including phenoxy) is 2. The van der Waals surface area contributed by atoms with Gasteiger partial charge in [-0.25, -0.2) is 0 Å². The highest BCUT2D eigenvalue weighted by molar-refractivity contribution is 6.29. The van der Waals surface area contributed by atoms with Gasteiger partial charge in [-0.1, -0.05) is 48.0 Å². The molecule has 3 rings (SSSR count). The molecule has 2 amide bonds. The Morgan fingerprint density at radius 3 is 2.61 bits per heavy atom. The lowest BCUT2D eigenvalue weighted by Gasteiger charge is -2.37. The van der Waals surface area contributed by atoms with Crippen molar-refractivity contribution < 1.29 is 32.2 Å². The number of rotatable bonds is 7. The molecular formula is C23H26ClF3N2O4. The molecule has 6 nitrogen and oxygen atoms in total. The molecule has 2 unspecified atom stereocenters. The average molecular weight is 487 g/mol. The quantitative estimate of drug-likeness (QED) is 0.581. The molecule has 1 aromatic rings. The Labute approximate surface area is 195 Å². The summed E-state index contributed by atoms with van der Waals surface area (Å²) in [6.45, 7) is 0.680. The molecule has 1 aliphatic heterocycles. The number of piperidine rings is 1. The van der Waals surface area contributed by atoms with Crippen LogP contribution in [0, 0.1) is 0 Å². The Morgan fingerprint density at radius 2 is 1.94 bits per heavy atom. The third-order valence-electron chi connectivity index (χ3n) is 5.56. The van der Waals surface area contributed by atoms with Gasteiger partial charge in [0.2, 0.25) is 11.8 Å². The molecule has 33 heavy (non-hydrogen) atoms. The maximum Gasteiger partial charge on any atom is 0.524 e. The van der Waals surface area contributed by atoms with E-state index in [0.29, 0.717) is 18.5 Å². The van der Waals surface area contributed by atoms with E-state index in [1.807, 2.05) is 0 Å². The maximum atomic E-state index is 13.2. The van der Waals surface area contributed by atoms with Crippen molar-refractivity contribution in [2.45, 2.75) is 49.6 Å². The zero-order chi connectivity index (χ0) is 24.1. The predicted octanol–water partition coefficient (Wildman–Crippen LogP) is 4.36. The number of methoxy groups -OCH3 is 1. The summed E-state index contributed by atoms with van der Waals surface area (Å²) in [5.74, 6) is -0.665. The highest BCUT2D eigenvalue weighted by Gasteiger charge is 2.47. The zero-order valence-electron chi connectivity index (χ0n) is 18.2. The van der Waals surface area contributed by atoms with E-state index in [2.05, 4.69) is 10.1 Å². The van der Waals surface area contributed by atoms with Crippen molar-refractivity contribution >= 4 is 29.0 Å². The summed E-state index contributed by atoms with van der Waals surface area (Å²) in [4.78, 5) is 27.0. The first-order valence-electron chi connectivity index (χ1n) is 10.6. The van der Waals surface area contributed by atoms with Gasteiger partial charge in [0.1, 0.15) is 6.04 Å². The molecule has 1 fully saturated rings. The molecule has 0 aromatic heterocycles. The second-order valence-electron chi connectivity index (χ2n) is 7.92. The van der Waals surface area contributed by atoms with E-state index in [1.54, 1.807) is 30.3 Å². The van der Waals surface area contributed by atoms with Crippen LogP contribution in [0.25, 0.3) is 5.57 Å². The fourth-order valence-corrected chi connectivity index (χ4v) is 4.48. The molecule has 10 heteroatoms. The number of carbonyl (C=O) groups is 2. The standard InChI is InChI=1S/C23H26ClF3N2O4/c1-32-14-12-20(30)29-13-6-5-9-19(29)21(31)28-17-10-11-18(16-7-3-2-4-8-16)22(24,15-17)33-23(25,26)27/h2-4,7-8,10-11,19H,5-6,9,12-15H2,1H3,(H,28,31). The van der Waals surface area contributed by atoms with Crippen molar-refractivity contribution in [3.8, 4) is 0 Å². The van der Waals surface area contributed by atoms with E-state index >= 15 is 0 Å². The van der Waals surface area contributed by atoms with Gasteiger partial charge in [0.25, 0.3) is 0 Å². The first-order chi connectivity index (χ1) is 15.6. The molecule has 1 N–H and O–H groups in total. The van der Waals surface area contributed by atoms with Gasteiger partial charge < -0.3 is 15.0 Å². The largest absolute Gasteiger partial charge is 0.524 e. The number of nitrogens with one attached hydrogen (secondary N) is 1. The third kappa shape index (κ3) is 6.59. The van der Waals surface area contributed by atoms with Crippen LogP contribution in [-0.2, 0) is 19.1 Å². The van der Waals surface area contributed by atoms with Gasteiger partial charge in [0.05, 0.1) is 13.0 Å². The Morgan fingerprint density at radius 1 is 1.21 bits per heavy atom. The van der Waals surface area contributed by atoms with Crippen molar-refractivity contribution in [2.24, 2.45) is 0 Å². The van der Waals surface area contributed by atoms with Gasteiger partial charge in [-0.2, -0.15) is 0 Å². The minimum Gasteiger partial charge on any atom is -0.384 e. The molecule has 1 aromatic carbocycles. The monoisotopic (exact) mass is 486 g/mol. The fourth-order valence-electron chi connectivity index (χ4n) is 4.07. The molecule has 0 bridgehead atoms. The normalized spacial score (nSPS) is 23.5. The fraction of sp³-hybridized carbons (Fsp3) is 0.478. The van der Waals surface area contributed by atoms with Gasteiger partial charge in [-0.05, 0) is 30.9 Å². The number of halogens is 4. The molecule has 2 atom stereocenters. The number of hydrogen-bond donors (Lipinski definition) is 1. The van der Waals surface area contributed by atoms with Crippen LogP contribution in [0.2, 0.25) is 0 Å². The number of likely N-dealkylation sites (tertiary alicyclic amines) is 1. The van der Waals surface area contributed by atoms with Gasteiger partial charge >= 0.3 is 6.36 Å². The van der Waals surface area contributed by atoms with Crippen LogP contribution in [0.3, 0.4) is 0 Å². The number of carbonyl (C=O) groups excluding carboxylic acids is 2. The number of benzene rings is 1. The van der Waals surface area contributed by atoms with E-state index in [1.165, 1.54) is 24.2 Å². The van der Waals surface area contributed by atoms with Gasteiger partial charge in [0, 0.05) is 31.3 Å². The van der Waals surface area contributed by atoms with Crippen LogP contribution in [0.15, 0.2) is 48.2 Å². The maximum absolute atomic E-state index is 13.2. The first kappa shape index (κ1) is 25.3. The smallest absolute Gasteiger partial charge is 0.384 e. The SMILES string of the molecule is COCCC(=O)N1CCCCC1C(=O)NC1=CC=C(c2ccccc2)C(Cl)(OC(F)(F)F)C1. The van der Waals surface area contributed by atoms with Crippen LogP contribution in [0.1, 0.15) is 37.7 Å². The number of amides is 2. The molecule has 1 aliphatic carbocycles. The lowest BCUT2D eigenvalue weighted by atomic mass is 9.92. The number of nitrogens with zero attached hydrogens (tertiary/aromatic N) is 1. The van der Waals surface area contributed by atoms with Crippen molar-refractivity contribution in [1.29, 1.82) is 0 Å². The lowest BCUT2D eigenvalue weighted by Crippen LogP contribution is -2.52. The van der Waals surface area contributed by atoms with Crippen molar-refractivity contribution in [1.82, 2.24) is 10.2 Å². The summed E-state index contributed by atoms with van der Waals surface area (Å²) in [7, 11) is 1.49. The first-order valence-corrected chi connectivity index (χ1v) is 11.0. The van der Waals surface area contributed by atoms with Crippen LogP contribution in [0.4, 0.5) is 13.2 Å². The van der Waals surface area contributed by atoms with Crippen LogP contribution in [-0.4, -0.2) is 54.4 Å². The van der Waals surface area contributed by atoms with E-state index in [4.69, 9.17) is 16.3 Å². The predicted molar refractivity (Wildman–Crippen MR) is 117 cm³/mol. The Hall–Kier alpha value is -2.36. The number of allylic oxidation sites excluding steroid dienone is 2. The Bertz CT molecular complexity index is 920. The van der Waals surface area contributed by atoms with E-state index in [-0.39, 0.29) is 30.2 Å². The third-order valence-corrected chi connectivity index (χ3v) is 5.98. The highest BCUT2D eigenvalue weighted by atomic mass is 35.5. The van der Waals surface area contributed by atoms with Gasteiger partial charge in [0.15, 0.2) is 5.06 Å². The van der Waals surface area contributed by atoms with Crippen molar-refractivity contribution in [3.05, 3.63) is 53.7 Å². The average Bonchev–Trinajstić information content (AvgIpc) is 2.76. The molecule has 2 aliphatic rings. The second-order valence-corrected chi connectivity index (χ2v) is 8.53. The van der Waals surface area contributed by atoms with Crippen LogP contribution in [0.5, 0.6) is 0 Å². The van der Waals surface area contributed by atoms with Gasteiger partial charge in [-0.15, -0.1) is 13.2 Å². The summed E-state index contributed by atoms with van der Waals surface area (Å²) in [5, 5.41) is 0.411. The summed E-state index contributed by atoms with van der Waals surface area (Å²) >= 11 is 6.38. The molecule has 1 saturated heterocycles. The molecule has 180 valence electrons. The van der Waals surface area contributed by atoms with Crippen LogP contribution >= 0.6 is 11.6 Å². The van der Waals surface area contributed by atoms with Crippen molar-refractivity contribution in [2.75, 3.05) is 20.3 Å². The summed E-state index contributed by atoms with van der Waals surface area (Å²) in [5.41, 5.74) is 0.781. The Kier molecular flexibility index (Phi) is 8.20. The van der Waals surface area contributed by atoms with E-state index < -0.39 is 29.8 Å². The highest BCUT2D eigenvalue weighted by Crippen LogP contribution is 2.45. The van der Waals surface area contributed by atoms with Crippen LogP contribution < -0.4 is 5.32 Å². The minimum absolute atomic E-state index is 0.133. The van der Waals surface area contributed by atoms with Crippen molar-refractivity contribution in [3.63, 3.8) is 0 Å². The molecule has 0 spiro atoms. The minimum atomic E-state index is -4.99. The van der Waals surface area contributed by atoms with Gasteiger partial charge in [-0.3, -0.25) is 14.3 Å². The molecule has 0 radical (unpaired) electrons. The molecule has 1 heterocycles. The molecule has 0 saturated carbocycles. The second kappa shape index (κ2) is 10.7.